The number of nitrogens with zero attached hydrogens (tertiary/aromatic N) is 3. The molecule has 0 radical (unpaired) electrons. The normalized spacial score (nSPS) is 14.7. The predicted octanol–water partition coefficient (Wildman–Crippen LogP) is 4.82. The first-order chi connectivity index (χ1) is 18.6. The standard InChI is InChI=1S/C27H18F4N6O2/c28-21-9-4-17(27(29,30)31)13-22(21)35-26(38)34-18-5-7-19(8-6-18)37-23(33)20-10-11-39-25(20)36-24(37)16-3-1-2-15(12-16)14-32/h1-13,24H,33H2,(H2,34,35,38). The van der Waals surface area contributed by atoms with Crippen molar-refractivity contribution in [2.24, 2.45) is 10.7 Å². The van der Waals surface area contributed by atoms with Crippen molar-refractivity contribution in [1.82, 2.24) is 0 Å². The van der Waals surface area contributed by atoms with Crippen LogP contribution in [0.4, 0.5) is 39.4 Å². The number of nitrogens with one attached hydrogen (secondary N) is 2. The highest BCUT2D eigenvalue weighted by Gasteiger charge is 2.31. The number of nitriles is 1. The molecule has 0 saturated heterocycles. The largest absolute Gasteiger partial charge is 0.446 e. The molecule has 4 aromatic rings. The Bertz CT molecular complexity index is 1720. The van der Waals surface area contributed by atoms with Gasteiger partial charge >= 0.3 is 12.2 Å². The van der Waals surface area contributed by atoms with Gasteiger partial charge in [0.15, 0.2) is 6.17 Å². The summed E-state index contributed by atoms with van der Waals surface area (Å²) in [4.78, 5) is 18.8. The highest BCUT2D eigenvalue weighted by Crippen LogP contribution is 2.34. The lowest BCUT2D eigenvalue weighted by Gasteiger charge is -2.33. The summed E-state index contributed by atoms with van der Waals surface area (Å²) in [6.45, 7) is 0. The van der Waals surface area contributed by atoms with Crippen molar-refractivity contribution >= 4 is 28.9 Å². The predicted molar refractivity (Wildman–Crippen MR) is 134 cm³/mol. The van der Waals surface area contributed by atoms with Gasteiger partial charge in [0.1, 0.15) is 11.6 Å². The molecule has 0 bridgehead atoms. The Labute approximate surface area is 218 Å². The van der Waals surface area contributed by atoms with E-state index >= 15 is 0 Å². The van der Waals surface area contributed by atoms with Gasteiger partial charge in [0, 0.05) is 11.4 Å². The van der Waals surface area contributed by atoms with Gasteiger partial charge in [-0.3, -0.25) is 0 Å². The summed E-state index contributed by atoms with van der Waals surface area (Å²) in [5.41, 5.74) is 7.11. The van der Waals surface area contributed by atoms with Gasteiger partial charge in [0.2, 0.25) is 5.55 Å². The topological polar surface area (TPSA) is 120 Å². The molecular weight excluding hydrogens is 516 g/mol. The molecule has 2 amide bonds. The molecule has 0 spiro atoms. The van der Waals surface area contributed by atoms with E-state index in [-0.39, 0.29) is 5.69 Å². The monoisotopic (exact) mass is 534 g/mol. The quantitative estimate of drug-likeness (QED) is 0.325. The molecular formula is C27H18F4N6O2. The van der Waals surface area contributed by atoms with E-state index in [1.807, 2.05) is 0 Å². The fraction of sp³-hybridized carbons (Fsp3) is 0.0741. The number of benzene rings is 3. The number of rotatable bonds is 4. The Balaban J connectivity index is 1.40. The number of hydrogen-bond donors (Lipinski definition) is 3. The van der Waals surface area contributed by atoms with Gasteiger partial charge in [-0.2, -0.15) is 18.4 Å². The zero-order valence-corrected chi connectivity index (χ0v) is 19.8. The lowest BCUT2D eigenvalue weighted by molar-refractivity contribution is -0.137. The third-order valence-electron chi connectivity index (χ3n) is 5.92. The van der Waals surface area contributed by atoms with Crippen molar-refractivity contribution in [1.29, 1.82) is 5.26 Å². The van der Waals surface area contributed by atoms with Gasteiger partial charge < -0.3 is 25.7 Å². The van der Waals surface area contributed by atoms with E-state index in [0.717, 1.165) is 0 Å². The third-order valence-corrected chi connectivity index (χ3v) is 5.92. The van der Waals surface area contributed by atoms with Crippen LogP contribution in [0.1, 0.15) is 22.9 Å². The lowest BCUT2D eigenvalue weighted by atomic mass is 10.1. The second-order valence-electron chi connectivity index (χ2n) is 8.45. The number of amides is 2. The number of anilines is 3. The molecule has 3 aromatic carbocycles. The summed E-state index contributed by atoms with van der Waals surface area (Å²) in [6, 6.07) is 17.8. The zero-order valence-electron chi connectivity index (χ0n) is 19.8. The molecule has 196 valence electrons. The summed E-state index contributed by atoms with van der Waals surface area (Å²) in [5.74, 6) is -0.668. The molecule has 1 atom stereocenters. The Kier molecular flexibility index (Phi) is 6.41. The van der Waals surface area contributed by atoms with Crippen LogP contribution in [0.2, 0.25) is 0 Å². The van der Waals surface area contributed by atoms with Crippen molar-refractivity contribution in [2.75, 3.05) is 15.5 Å². The number of furan rings is 1. The molecule has 2 heterocycles. The number of nitrogens with two attached hydrogens (primary N) is 1. The van der Waals surface area contributed by atoms with Crippen LogP contribution in [-0.2, 0) is 6.18 Å². The molecule has 0 aliphatic carbocycles. The van der Waals surface area contributed by atoms with Gasteiger partial charge in [-0.05, 0) is 66.2 Å². The van der Waals surface area contributed by atoms with E-state index < -0.39 is 35.4 Å². The molecule has 12 heteroatoms. The van der Waals surface area contributed by atoms with Crippen LogP contribution in [0.25, 0.3) is 5.82 Å². The van der Waals surface area contributed by atoms with Crippen molar-refractivity contribution in [3.8, 4) is 6.07 Å². The fourth-order valence-electron chi connectivity index (χ4n) is 4.09. The molecule has 8 nitrogen and oxygen atoms in total. The summed E-state index contributed by atoms with van der Waals surface area (Å²) < 4.78 is 58.3. The summed E-state index contributed by atoms with van der Waals surface area (Å²) >= 11 is 0. The van der Waals surface area contributed by atoms with E-state index in [1.54, 1.807) is 59.5 Å². The smallest absolute Gasteiger partial charge is 0.416 e. The molecule has 1 aliphatic rings. The first-order valence-electron chi connectivity index (χ1n) is 11.4. The lowest BCUT2D eigenvalue weighted by Crippen LogP contribution is -2.43. The number of hydrogen-bond acceptors (Lipinski definition) is 6. The van der Waals surface area contributed by atoms with Gasteiger partial charge in [-0.25, -0.2) is 14.2 Å². The summed E-state index contributed by atoms with van der Waals surface area (Å²) in [5, 5.41) is 14.5. The van der Waals surface area contributed by atoms with Crippen LogP contribution in [-0.4, -0.2) is 6.03 Å². The molecule has 1 unspecified atom stereocenters. The van der Waals surface area contributed by atoms with E-state index in [0.29, 0.717) is 51.6 Å². The van der Waals surface area contributed by atoms with E-state index in [1.165, 1.54) is 6.26 Å². The number of alkyl halides is 3. The third kappa shape index (κ3) is 5.10. The van der Waals surface area contributed by atoms with Crippen LogP contribution in [0.15, 0.2) is 88.5 Å². The number of carbonyl (C=O) groups is 1. The number of fused-ring (bicyclic) bond motifs is 1. The minimum Gasteiger partial charge on any atom is -0.446 e. The Hall–Kier alpha value is -5.31. The van der Waals surface area contributed by atoms with E-state index in [4.69, 9.17) is 10.2 Å². The number of carbonyl (C=O) groups excluding carboxylic acids is 1. The van der Waals surface area contributed by atoms with Crippen LogP contribution >= 0.6 is 0 Å². The minimum absolute atomic E-state index is 0.281. The maximum atomic E-state index is 14.0. The number of halogens is 4. The fourth-order valence-corrected chi connectivity index (χ4v) is 4.09. The number of urea groups is 1. The van der Waals surface area contributed by atoms with Gasteiger partial charge in [-0.15, -0.1) is 0 Å². The maximum absolute atomic E-state index is 14.0. The van der Waals surface area contributed by atoms with Crippen LogP contribution < -0.4 is 32.0 Å². The summed E-state index contributed by atoms with van der Waals surface area (Å²) in [7, 11) is 0. The van der Waals surface area contributed by atoms with Crippen molar-refractivity contribution in [3.63, 3.8) is 0 Å². The average Bonchev–Trinajstić information content (AvgIpc) is 3.39. The van der Waals surface area contributed by atoms with Gasteiger partial charge in [-0.1, -0.05) is 12.1 Å². The first kappa shape index (κ1) is 25.3. The van der Waals surface area contributed by atoms with Crippen molar-refractivity contribution in [2.45, 2.75) is 12.3 Å². The van der Waals surface area contributed by atoms with Crippen LogP contribution in [0.3, 0.4) is 0 Å². The molecule has 5 rings (SSSR count). The molecule has 1 aromatic heterocycles. The highest BCUT2D eigenvalue weighted by atomic mass is 19.4. The van der Waals surface area contributed by atoms with Crippen LogP contribution in [0.5, 0.6) is 0 Å². The van der Waals surface area contributed by atoms with Crippen molar-refractivity contribution in [3.05, 3.63) is 112 Å². The zero-order chi connectivity index (χ0) is 27.7. The van der Waals surface area contributed by atoms with E-state index in [9.17, 15) is 27.6 Å². The average molecular weight is 534 g/mol. The van der Waals surface area contributed by atoms with Crippen molar-refractivity contribution < 1.29 is 26.8 Å². The van der Waals surface area contributed by atoms with Crippen LogP contribution in [0, 0.1) is 17.1 Å². The second kappa shape index (κ2) is 9.86. The Morgan fingerprint density at radius 2 is 1.82 bits per heavy atom. The molecule has 0 saturated carbocycles. The molecule has 4 N–H and O–H groups in total. The highest BCUT2D eigenvalue weighted by molar-refractivity contribution is 6.00. The van der Waals surface area contributed by atoms with Gasteiger partial charge in [0.25, 0.3) is 0 Å². The first-order valence-corrected chi connectivity index (χ1v) is 11.4. The summed E-state index contributed by atoms with van der Waals surface area (Å²) in [6.07, 6.45) is -3.89. The Morgan fingerprint density at radius 3 is 2.54 bits per heavy atom. The molecule has 1 aliphatic heterocycles. The van der Waals surface area contributed by atoms with E-state index in [2.05, 4.69) is 21.7 Å². The molecule has 39 heavy (non-hydrogen) atoms. The maximum Gasteiger partial charge on any atom is 0.416 e. The second-order valence-corrected chi connectivity index (χ2v) is 8.45. The minimum atomic E-state index is -4.69. The molecule has 0 fully saturated rings. The van der Waals surface area contributed by atoms with Gasteiger partial charge in [0.05, 0.1) is 34.4 Å². The SMILES string of the molecule is N#Cc1cccc(C2N=c3occc3=C(N)N2c2ccc(NC(=O)Nc3cc(C(F)(F)F)ccc3F)cc2)c1. The Morgan fingerprint density at radius 1 is 1.05 bits per heavy atom.